The molecule has 4 rings (SSSR count). The topological polar surface area (TPSA) is 77.6 Å². The van der Waals surface area contributed by atoms with Gasteiger partial charge in [0.15, 0.2) is 0 Å². The van der Waals surface area contributed by atoms with Gasteiger partial charge in [-0.2, -0.15) is 0 Å². The zero-order valence-electron chi connectivity index (χ0n) is 15.5. The van der Waals surface area contributed by atoms with Crippen molar-refractivity contribution in [3.05, 3.63) is 51.8 Å². The van der Waals surface area contributed by atoms with Crippen LogP contribution in [-0.4, -0.2) is 28.4 Å². The number of hydrogen-bond acceptors (Lipinski definition) is 5. The van der Waals surface area contributed by atoms with Crippen molar-refractivity contribution in [1.29, 1.82) is 0 Å². The van der Waals surface area contributed by atoms with Gasteiger partial charge < -0.3 is 18.6 Å². The molecule has 0 atom stereocenters. The van der Waals surface area contributed by atoms with Crippen LogP contribution in [0.15, 0.2) is 33.7 Å². The third-order valence-electron chi connectivity index (χ3n) is 4.81. The van der Waals surface area contributed by atoms with Crippen LogP contribution in [0.4, 0.5) is 18.9 Å². The zero-order chi connectivity index (χ0) is 20.9. The fraction of sp³-hybridized carbons (Fsp3) is 0.316. The number of ether oxygens (including phenoxy) is 1. The number of amides is 1. The van der Waals surface area contributed by atoms with E-state index in [0.29, 0.717) is 30.6 Å². The van der Waals surface area contributed by atoms with E-state index in [9.17, 15) is 22.8 Å². The molecule has 0 spiro atoms. The van der Waals surface area contributed by atoms with Crippen molar-refractivity contribution >= 4 is 22.7 Å². The van der Waals surface area contributed by atoms with E-state index in [1.807, 2.05) is 0 Å². The number of fused-ring (bicyclic) bond motifs is 2. The minimum atomic E-state index is -4.79. The second-order valence-corrected chi connectivity index (χ2v) is 6.77. The van der Waals surface area contributed by atoms with E-state index in [4.69, 9.17) is 4.42 Å². The monoisotopic (exact) mass is 407 g/mol. The number of hydrogen-bond donors (Lipinski definition) is 0. The summed E-state index contributed by atoms with van der Waals surface area (Å²) in [5, 5.41) is 0.0849. The number of alkyl halides is 3. The zero-order valence-corrected chi connectivity index (χ0v) is 15.5. The van der Waals surface area contributed by atoms with Gasteiger partial charge in [-0.1, -0.05) is 0 Å². The number of aryl methyl sites for hydroxylation is 3. The Morgan fingerprint density at radius 1 is 1.31 bits per heavy atom. The third kappa shape index (κ3) is 3.34. The Labute approximate surface area is 162 Å². The van der Waals surface area contributed by atoms with Gasteiger partial charge >= 0.3 is 6.36 Å². The molecule has 7 nitrogen and oxygen atoms in total. The number of anilines is 1. The molecule has 29 heavy (non-hydrogen) atoms. The normalized spacial score (nSPS) is 14.2. The average Bonchev–Trinajstić information content (AvgIpc) is 2.99. The minimum Gasteiger partial charge on any atom is -0.442 e. The van der Waals surface area contributed by atoms with E-state index in [1.165, 1.54) is 41.0 Å². The maximum absolute atomic E-state index is 13.3. The summed E-state index contributed by atoms with van der Waals surface area (Å²) in [7, 11) is 1.52. The summed E-state index contributed by atoms with van der Waals surface area (Å²) in [6.45, 7) is 1.93. The quantitative estimate of drug-likeness (QED) is 0.651. The molecule has 152 valence electrons. The van der Waals surface area contributed by atoms with Crippen molar-refractivity contribution < 1.29 is 27.1 Å². The number of rotatable bonds is 2. The highest BCUT2D eigenvalue weighted by Crippen LogP contribution is 2.34. The van der Waals surface area contributed by atoms with E-state index in [-0.39, 0.29) is 28.2 Å². The first-order valence-corrected chi connectivity index (χ1v) is 8.81. The van der Waals surface area contributed by atoms with E-state index >= 15 is 0 Å². The molecular formula is C19H16F3N3O4. The molecule has 0 bridgehead atoms. The SMILES string of the molecule is Cc1oc2ncn(C)c(=O)c2c1C(=O)N1CCCc2cc(OC(F)(F)F)ccc21. The molecule has 0 radical (unpaired) electrons. The molecule has 2 aromatic heterocycles. The van der Waals surface area contributed by atoms with Crippen molar-refractivity contribution in [2.24, 2.45) is 7.05 Å². The molecule has 3 heterocycles. The highest BCUT2D eigenvalue weighted by Gasteiger charge is 2.33. The first-order valence-electron chi connectivity index (χ1n) is 8.81. The van der Waals surface area contributed by atoms with Gasteiger partial charge in [-0.25, -0.2) is 4.98 Å². The Balaban J connectivity index is 1.77. The van der Waals surface area contributed by atoms with Gasteiger partial charge in [0, 0.05) is 19.3 Å². The highest BCUT2D eigenvalue weighted by molar-refractivity contribution is 6.14. The number of carbonyl (C=O) groups is 1. The van der Waals surface area contributed by atoms with Crippen LogP contribution in [0.2, 0.25) is 0 Å². The summed E-state index contributed by atoms with van der Waals surface area (Å²) in [6, 6.07) is 3.86. The Bertz CT molecular complexity index is 1180. The molecule has 0 fully saturated rings. The molecular weight excluding hydrogens is 391 g/mol. The maximum Gasteiger partial charge on any atom is 0.573 e. The summed E-state index contributed by atoms with van der Waals surface area (Å²) in [5.41, 5.74) is 0.798. The predicted molar refractivity (Wildman–Crippen MR) is 97.1 cm³/mol. The largest absolute Gasteiger partial charge is 0.573 e. The van der Waals surface area contributed by atoms with Gasteiger partial charge in [-0.15, -0.1) is 13.2 Å². The lowest BCUT2D eigenvalue weighted by molar-refractivity contribution is -0.274. The number of furan rings is 1. The standard InChI is InChI=1S/C19H16F3N3O4/c1-10-14(15-16(28-10)23-9-24(2)17(15)26)18(27)25-7-3-4-11-8-12(5-6-13(11)25)29-19(20,21)22/h5-6,8-9H,3-4,7H2,1-2H3. The fourth-order valence-corrected chi connectivity index (χ4v) is 3.56. The molecule has 0 saturated carbocycles. The first-order chi connectivity index (χ1) is 13.7. The van der Waals surface area contributed by atoms with E-state index in [0.717, 1.165) is 0 Å². The second kappa shape index (κ2) is 6.64. The molecule has 1 aromatic carbocycles. The summed E-state index contributed by atoms with van der Waals surface area (Å²) in [4.78, 5) is 31.3. The molecule has 1 amide bonds. The lowest BCUT2D eigenvalue weighted by atomic mass is 10.00. The molecule has 3 aromatic rings. The van der Waals surface area contributed by atoms with Gasteiger partial charge in [0.2, 0.25) is 5.71 Å². The lowest BCUT2D eigenvalue weighted by Gasteiger charge is -2.30. The number of benzene rings is 1. The van der Waals surface area contributed by atoms with Crippen LogP contribution in [-0.2, 0) is 13.5 Å². The number of carbonyl (C=O) groups excluding carboxylic acids is 1. The van der Waals surface area contributed by atoms with Crippen LogP contribution in [0.1, 0.15) is 28.1 Å². The molecule has 10 heteroatoms. The Morgan fingerprint density at radius 2 is 2.07 bits per heavy atom. The first kappa shape index (κ1) is 19.0. The van der Waals surface area contributed by atoms with Crippen molar-refractivity contribution in [2.45, 2.75) is 26.1 Å². The average molecular weight is 407 g/mol. The number of aromatic nitrogens is 2. The molecule has 1 aliphatic rings. The Hall–Kier alpha value is -3.30. The summed E-state index contributed by atoms with van der Waals surface area (Å²) >= 11 is 0. The molecule has 1 aliphatic heterocycles. The highest BCUT2D eigenvalue weighted by atomic mass is 19.4. The Kier molecular flexibility index (Phi) is 4.36. The smallest absolute Gasteiger partial charge is 0.442 e. The van der Waals surface area contributed by atoms with E-state index in [2.05, 4.69) is 9.72 Å². The van der Waals surface area contributed by atoms with Crippen LogP contribution < -0.4 is 15.2 Å². The van der Waals surface area contributed by atoms with Crippen LogP contribution in [0.3, 0.4) is 0 Å². The van der Waals surface area contributed by atoms with Gasteiger partial charge in [-0.3, -0.25) is 9.59 Å². The summed E-state index contributed by atoms with van der Waals surface area (Å²) in [5.74, 6) is -0.546. The molecule has 0 unspecified atom stereocenters. The third-order valence-corrected chi connectivity index (χ3v) is 4.81. The van der Waals surface area contributed by atoms with Crippen molar-refractivity contribution in [3.63, 3.8) is 0 Å². The molecule has 0 aliphatic carbocycles. The maximum atomic E-state index is 13.3. The van der Waals surface area contributed by atoms with Crippen molar-refractivity contribution in [2.75, 3.05) is 11.4 Å². The van der Waals surface area contributed by atoms with E-state index < -0.39 is 17.8 Å². The lowest BCUT2D eigenvalue weighted by Crippen LogP contribution is -2.36. The molecule has 0 saturated heterocycles. The predicted octanol–water partition coefficient (Wildman–Crippen LogP) is 3.33. The van der Waals surface area contributed by atoms with Gasteiger partial charge in [0.1, 0.15) is 23.2 Å². The van der Waals surface area contributed by atoms with Gasteiger partial charge in [0.05, 0.1) is 5.56 Å². The van der Waals surface area contributed by atoms with Crippen LogP contribution in [0.25, 0.3) is 11.1 Å². The summed E-state index contributed by atoms with van der Waals surface area (Å²) in [6.07, 6.45) is -2.43. The van der Waals surface area contributed by atoms with Gasteiger partial charge in [0.25, 0.3) is 11.5 Å². The molecule has 0 N–H and O–H groups in total. The number of nitrogens with zero attached hydrogens (tertiary/aromatic N) is 3. The van der Waals surface area contributed by atoms with E-state index in [1.54, 1.807) is 6.92 Å². The van der Waals surface area contributed by atoms with Gasteiger partial charge in [-0.05, 0) is 43.5 Å². The second-order valence-electron chi connectivity index (χ2n) is 6.77. The van der Waals surface area contributed by atoms with Crippen molar-refractivity contribution in [1.82, 2.24) is 9.55 Å². The number of halogens is 3. The summed E-state index contributed by atoms with van der Waals surface area (Å²) < 4.78 is 48.2. The fourth-order valence-electron chi connectivity index (χ4n) is 3.56. The van der Waals surface area contributed by atoms with Crippen molar-refractivity contribution in [3.8, 4) is 5.75 Å². The van der Waals surface area contributed by atoms with Crippen LogP contribution in [0, 0.1) is 6.92 Å². The minimum absolute atomic E-state index is 0.0695. The van der Waals surface area contributed by atoms with Crippen LogP contribution in [0.5, 0.6) is 5.75 Å². The van der Waals surface area contributed by atoms with Crippen LogP contribution >= 0.6 is 0 Å². The Morgan fingerprint density at radius 3 is 2.79 bits per heavy atom.